The van der Waals surface area contributed by atoms with Crippen LogP contribution in [0.4, 0.5) is 10.1 Å². The largest absolute Gasteiger partial charge is 0.356 e. The Hall–Kier alpha value is -2.80. The van der Waals surface area contributed by atoms with Gasteiger partial charge in [0.2, 0.25) is 5.91 Å². The number of halogens is 1. The number of aryl methyl sites for hydroxylation is 1. The van der Waals surface area contributed by atoms with E-state index in [1.807, 2.05) is 0 Å². The number of hydrogen-bond donors (Lipinski definition) is 1. The minimum atomic E-state index is -3.18. The molecule has 1 amide bonds. The summed E-state index contributed by atoms with van der Waals surface area (Å²) in [4.78, 5) is 12.4. The van der Waals surface area contributed by atoms with Crippen LogP contribution >= 0.6 is 7.60 Å². The highest BCUT2D eigenvalue weighted by Gasteiger charge is 2.24. The second-order valence-electron chi connectivity index (χ2n) is 7.04. The van der Waals surface area contributed by atoms with Gasteiger partial charge in [-0.25, -0.2) is 4.39 Å². The molecule has 0 atom stereocenters. The Bertz CT molecular complexity index is 1060. The van der Waals surface area contributed by atoms with Crippen molar-refractivity contribution in [2.24, 2.45) is 0 Å². The van der Waals surface area contributed by atoms with Crippen LogP contribution in [0.3, 0.4) is 0 Å². The number of anilines is 1. The van der Waals surface area contributed by atoms with E-state index in [1.165, 1.54) is 12.1 Å². The van der Waals surface area contributed by atoms with Crippen LogP contribution < -0.4 is 5.32 Å². The molecule has 0 radical (unpaired) electrons. The highest BCUT2D eigenvalue weighted by Crippen LogP contribution is 2.51. The Balaban J connectivity index is 1.55. The van der Waals surface area contributed by atoms with E-state index in [-0.39, 0.29) is 24.3 Å². The molecule has 0 aliphatic rings. The fraction of sp³-hybridized carbons (Fsp3) is 0.304. The first kappa shape index (κ1) is 23.9. The summed E-state index contributed by atoms with van der Waals surface area (Å²) < 4.78 is 41.7. The van der Waals surface area contributed by atoms with Crippen molar-refractivity contribution in [1.82, 2.24) is 5.16 Å². The minimum Gasteiger partial charge on any atom is -0.356 e. The molecule has 0 fully saturated rings. The standard InChI is InChI=1S/C23H26FN2O5P/c1-3-29-32(28,30-4-2)16-17-5-12-21(13-6-17)26-22(27)14-9-19-15-25-31-23(19)18-7-10-20(24)11-8-18/h5-8,10-13,15H,3-4,9,14,16H2,1-2H3,(H,26,27). The summed E-state index contributed by atoms with van der Waals surface area (Å²) in [6.45, 7) is 4.15. The van der Waals surface area contributed by atoms with Gasteiger partial charge in [-0.2, -0.15) is 0 Å². The molecule has 0 aliphatic carbocycles. The maximum atomic E-state index is 13.1. The van der Waals surface area contributed by atoms with Crippen molar-refractivity contribution in [3.63, 3.8) is 0 Å². The molecule has 9 heteroatoms. The number of carbonyl (C=O) groups is 1. The van der Waals surface area contributed by atoms with Crippen LogP contribution in [0.1, 0.15) is 31.4 Å². The number of carbonyl (C=O) groups excluding carboxylic acids is 1. The molecule has 32 heavy (non-hydrogen) atoms. The van der Waals surface area contributed by atoms with Gasteiger partial charge in [0.15, 0.2) is 5.76 Å². The predicted octanol–water partition coefficient (Wildman–Crippen LogP) is 5.82. The summed E-state index contributed by atoms with van der Waals surface area (Å²) in [5, 5.41) is 6.64. The van der Waals surface area contributed by atoms with Gasteiger partial charge in [0, 0.05) is 23.2 Å². The van der Waals surface area contributed by atoms with Crippen LogP contribution in [0.2, 0.25) is 0 Å². The van der Waals surface area contributed by atoms with Gasteiger partial charge in [-0.15, -0.1) is 0 Å². The third kappa shape index (κ3) is 6.60. The summed E-state index contributed by atoms with van der Waals surface area (Å²) in [7, 11) is -3.18. The smallest absolute Gasteiger partial charge is 0.335 e. The molecule has 0 bridgehead atoms. The van der Waals surface area contributed by atoms with Gasteiger partial charge in [-0.3, -0.25) is 9.36 Å². The van der Waals surface area contributed by atoms with E-state index in [0.29, 0.717) is 36.6 Å². The van der Waals surface area contributed by atoms with E-state index in [4.69, 9.17) is 13.6 Å². The molecule has 170 valence electrons. The van der Waals surface area contributed by atoms with Gasteiger partial charge in [-0.05, 0) is 62.2 Å². The van der Waals surface area contributed by atoms with Crippen molar-refractivity contribution >= 4 is 19.2 Å². The number of nitrogens with zero attached hydrogens (tertiary/aromatic N) is 1. The molecule has 0 saturated carbocycles. The monoisotopic (exact) mass is 460 g/mol. The SMILES string of the molecule is CCOP(=O)(Cc1ccc(NC(=O)CCc2cnoc2-c2ccc(F)cc2)cc1)OCC. The van der Waals surface area contributed by atoms with Gasteiger partial charge in [0.25, 0.3) is 0 Å². The summed E-state index contributed by atoms with van der Waals surface area (Å²) in [6, 6.07) is 13.0. The third-order valence-corrected chi connectivity index (χ3v) is 6.69. The van der Waals surface area contributed by atoms with Gasteiger partial charge >= 0.3 is 7.60 Å². The maximum absolute atomic E-state index is 13.1. The quantitative estimate of drug-likeness (QED) is 0.363. The molecule has 0 unspecified atom stereocenters. The van der Waals surface area contributed by atoms with Crippen molar-refractivity contribution in [2.45, 2.75) is 32.9 Å². The first-order valence-electron chi connectivity index (χ1n) is 10.4. The molecular formula is C23H26FN2O5P. The van der Waals surface area contributed by atoms with Crippen LogP contribution in [0, 0.1) is 5.82 Å². The van der Waals surface area contributed by atoms with E-state index in [0.717, 1.165) is 11.1 Å². The van der Waals surface area contributed by atoms with E-state index < -0.39 is 7.60 Å². The first-order chi connectivity index (χ1) is 15.4. The van der Waals surface area contributed by atoms with Gasteiger partial charge in [-0.1, -0.05) is 17.3 Å². The lowest BCUT2D eigenvalue weighted by Crippen LogP contribution is -2.12. The Kier molecular flexibility index (Phi) is 8.33. The highest BCUT2D eigenvalue weighted by atomic mass is 31.2. The fourth-order valence-electron chi connectivity index (χ4n) is 3.19. The number of aromatic nitrogens is 1. The zero-order chi connectivity index (χ0) is 23.0. The summed E-state index contributed by atoms with van der Waals surface area (Å²) in [5.74, 6) is 0.0206. The second-order valence-corrected chi connectivity index (χ2v) is 9.09. The van der Waals surface area contributed by atoms with Crippen molar-refractivity contribution in [2.75, 3.05) is 18.5 Å². The lowest BCUT2D eigenvalue weighted by molar-refractivity contribution is -0.116. The number of benzene rings is 2. The molecule has 1 aromatic heterocycles. The number of nitrogens with one attached hydrogen (secondary N) is 1. The van der Waals surface area contributed by atoms with Crippen LogP contribution in [0.25, 0.3) is 11.3 Å². The van der Waals surface area contributed by atoms with E-state index in [9.17, 15) is 13.8 Å². The van der Waals surface area contributed by atoms with E-state index >= 15 is 0 Å². The van der Waals surface area contributed by atoms with Gasteiger partial charge in [0.1, 0.15) is 5.82 Å². The van der Waals surface area contributed by atoms with Gasteiger partial charge < -0.3 is 18.9 Å². The Morgan fingerprint density at radius 2 is 1.72 bits per heavy atom. The maximum Gasteiger partial charge on any atom is 0.335 e. The Morgan fingerprint density at radius 1 is 1.06 bits per heavy atom. The molecule has 3 aromatic rings. The normalized spacial score (nSPS) is 11.5. The molecule has 1 heterocycles. The minimum absolute atomic E-state index is 0.168. The highest BCUT2D eigenvalue weighted by molar-refractivity contribution is 7.53. The molecule has 3 rings (SSSR count). The van der Waals surface area contributed by atoms with Crippen LogP contribution in [0.15, 0.2) is 59.3 Å². The van der Waals surface area contributed by atoms with Crippen molar-refractivity contribution < 1.29 is 27.3 Å². The zero-order valence-electron chi connectivity index (χ0n) is 18.0. The lowest BCUT2D eigenvalue weighted by Gasteiger charge is -2.17. The van der Waals surface area contributed by atoms with Crippen LogP contribution in [-0.4, -0.2) is 24.3 Å². The number of rotatable bonds is 11. The van der Waals surface area contributed by atoms with E-state index in [1.54, 1.807) is 56.4 Å². The van der Waals surface area contributed by atoms with Crippen LogP contribution in [-0.2, 0) is 31.0 Å². The second kappa shape index (κ2) is 11.2. The first-order valence-corrected chi connectivity index (χ1v) is 12.1. The predicted molar refractivity (Wildman–Crippen MR) is 120 cm³/mol. The molecule has 7 nitrogen and oxygen atoms in total. The van der Waals surface area contributed by atoms with Gasteiger partial charge in [0.05, 0.1) is 25.6 Å². The fourth-order valence-corrected chi connectivity index (χ4v) is 4.89. The van der Waals surface area contributed by atoms with E-state index in [2.05, 4.69) is 10.5 Å². The van der Waals surface area contributed by atoms with Crippen LogP contribution in [0.5, 0.6) is 0 Å². The number of hydrogen-bond acceptors (Lipinski definition) is 6. The lowest BCUT2D eigenvalue weighted by atomic mass is 10.1. The Morgan fingerprint density at radius 3 is 2.34 bits per heavy atom. The molecule has 2 aromatic carbocycles. The summed E-state index contributed by atoms with van der Waals surface area (Å²) in [6.07, 6.45) is 2.38. The van der Waals surface area contributed by atoms with Crippen molar-refractivity contribution in [3.8, 4) is 11.3 Å². The topological polar surface area (TPSA) is 90.7 Å². The molecule has 0 aliphatic heterocycles. The Labute approximate surface area is 186 Å². The van der Waals surface area contributed by atoms with Crippen molar-refractivity contribution in [3.05, 3.63) is 71.7 Å². The number of amides is 1. The summed E-state index contributed by atoms with van der Waals surface area (Å²) in [5.41, 5.74) is 2.89. The molecule has 1 N–H and O–H groups in total. The third-order valence-electron chi connectivity index (χ3n) is 4.64. The average Bonchev–Trinajstić information content (AvgIpc) is 3.23. The summed E-state index contributed by atoms with van der Waals surface area (Å²) >= 11 is 0. The molecule has 0 spiro atoms. The molecular weight excluding hydrogens is 434 g/mol. The zero-order valence-corrected chi connectivity index (χ0v) is 18.9. The average molecular weight is 460 g/mol. The van der Waals surface area contributed by atoms with Crippen molar-refractivity contribution in [1.29, 1.82) is 0 Å². The molecule has 0 saturated heterocycles.